The first-order valence-corrected chi connectivity index (χ1v) is 11.6. The number of carbonyl (C=O) groups is 2. The van der Waals surface area contributed by atoms with Crippen molar-refractivity contribution in [3.63, 3.8) is 0 Å². The van der Waals surface area contributed by atoms with E-state index in [1.54, 1.807) is 25.1 Å². The predicted molar refractivity (Wildman–Crippen MR) is 129 cm³/mol. The Hall–Kier alpha value is -1.76. The molecule has 2 amide bonds. The third kappa shape index (κ3) is 7.13. The third-order valence-electron chi connectivity index (χ3n) is 4.83. The van der Waals surface area contributed by atoms with Gasteiger partial charge in [-0.05, 0) is 71.1 Å². The summed E-state index contributed by atoms with van der Waals surface area (Å²) < 4.78 is 6.54. The Morgan fingerprint density at radius 3 is 2.39 bits per heavy atom. The molecule has 0 saturated heterocycles. The van der Waals surface area contributed by atoms with Crippen LogP contribution in [0.3, 0.4) is 0 Å². The molecule has 8 heteroatoms. The molecule has 1 unspecified atom stereocenters. The highest BCUT2D eigenvalue weighted by molar-refractivity contribution is 9.10. The van der Waals surface area contributed by atoms with Crippen molar-refractivity contribution in [2.45, 2.75) is 46.2 Å². The van der Waals surface area contributed by atoms with Crippen molar-refractivity contribution in [3.8, 4) is 5.75 Å². The third-order valence-corrected chi connectivity index (χ3v) is 6.19. The second kappa shape index (κ2) is 11.7. The topological polar surface area (TPSA) is 58.6 Å². The maximum atomic E-state index is 13.1. The van der Waals surface area contributed by atoms with Gasteiger partial charge in [-0.3, -0.25) is 9.59 Å². The zero-order chi connectivity index (χ0) is 23.1. The first-order chi connectivity index (χ1) is 14.6. The number of rotatable bonds is 9. The van der Waals surface area contributed by atoms with E-state index in [2.05, 4.69) is 35.1 Å². The van der Waals surface area contributed by atoms with Gasteiger partial charge >= 0.3 is 0 Å². The van der Waals surface area contributed by atoms with Crippen LogP contribution >= 0.6 is 39.1 Å². The minimum Gasteiger partial charge on any atom is -0.483 e. The number of benzene rings is 2. The van der Waals surface area contributed by atoms with Crippen LogP contribution in [0.2, 0.25) is 10.0 Å². The smallest absolute Gasteiger partial charge is 0.261 e. The second-order valence-electron chi connectivity index (χ2n) is 7.47. The van der Waals surface area contributed by atoms with Gasteiger partial charge < -0.3 is 15.0 Å². The Bertz CT molecular complexity index is 937. The van der Waals surface area contributed by atoms with Crippen LogP contribution in [0.1, 0.15) is 44.7 Å². The molecule has 0 fully saturated rings. The Labute approximate surface area is 202 Å². The van der Waals surface area contributed by atoms with Crippen molar-refractivity contribution in [2.75, 3.05) is 13.2 Å². The van der Waals surface area contributed by atoms with E-state index < -0.39 is 6.04 Å². The quantitative estimate of drug-likeness (QED) is 0.445. The molecule has 0 spiro atoms. The molecule has 0 aliphatic heterocycles. The molecule has 0 radical (unpaired) electrons. The average Bonchev–Trinajstić information content (AvgIpc) is 2.72. The molecule has 5 nitrogen and oxygen atoms in total. The average molecular weight is 530 g/mol. The van der Waals surface area contributed by atoms with Gasteiger partial charge in [-0.1, -0.05) is 49.2 Å². The maximum Gasteiger partial charge on any atom is 0.261 e. The van der Waals surface area contributed by atoms with Crippen LogP contribution in [0.5, 0.6) is 5.75 Å². The Balaban J connectivity index is 2.19. The van der Waals surface area contributed by atoms with Crippen LogP contribution in [-0.4, -0.2) is 35.9 Å². The Morgan fingerprint density at radius 1 is 1.10 bits per heavy atom. The summed E-state index contributed by atoms with van der Waals surface area (Å²) in [5.41, 5.74) is 1.93. The zero-order valence-corrected chi connectivity index (χ0v) is 21.1. The fourth-order valence-electron chi connectivity index (χ4n) is 2.95. The Kier molecular flexibility index (Phi) is 9.66. The minimum atomic E-state index is -0.683. The summed E-state index contributed by atoms with van der Waals surface area (Å²) >= 11 is 15.6. The van der Waals surface area contributed by atoms with Crippen molar-refractivity contribution in [3.05, 3.63) is 62.0 Å². The van der Waals surface area contributed by atoms with Gasteiger partial charge in [-0.15, -0.1) is 0 Å². The SMILES string of the molecule is CCNC(=O)C(C)N(Cc1ccc(Cl)c(Cl)c1)C(=O)COc1ccc(C(C)C)cc1Br. The van der Waals surface area contributed by atoms with Crippen LogP contribution in [0.25, 0.3) is 0 Å². The number of likely N-dealkylation sites (N-methyl/N-ethyl adjacent to an activating group) is 1. The van der Waals surface area contributed by atoms with Gasteiger partial charge in [-0.2, -0.15) is 0 Å². The summed E-state index contributed by atoms with van der Waals surface area (Å²) in [4.78, 5) is 27.0. The van der Waals surface area contributed by atoms with Gasteiger partial charge in [0.15, 0.2) is 6.61 Å². The molecular formula is C23H27BrCl2N2O3. The monoisotopic (exact) mass is 528 g/mol. The van der Waals surface area contributed by atoms with E-state index in [4.69, 9.17) is 27.9 Å². The number of hydrogen-bond acceptors (Lipinski definition) is 3. The fourth-order valence-corrected chi connectivity index (χ4v) is 3.79. The number of carbonyl (C=O) groups excluding carboxylic acids is 2. The lowest BCUT2D eigenvalue weighted by Gasteiger charge is -2.28. The highest BCUT2D eigenvalue weighted by Gasteiger charge is 2.26. The van der Waals surface area contributed by atoms with Crippen LogP contribution in [0.15, 0.2) is 40.9 Å². The van der Waals surface area contributed by atoms with E-state index in [1.807, 2.05) is 25.1 Å². The van der Waals surface area contributed by atoms with E-state index in [0.29, 0.717) is 28.3 Å². The molecule has 0 saturated carbocycles. The number of nitrogens with zero attached hydrogens (tertiary/aromatic N) is 1. The number of halogens is 3. The summed E-state index contributed by atoms with van der Waals surface area (Å²) in [6.07, 6.45) is 0. The van der Waals surface area contributed by atoms with Gasteiger partial charge in [0.1, 0.15) is 11.8 Å². The zero-order valence-electron chi connectivity index (χ0n) is 18.0. The summed E-state index contributed by atoms with van der Waals surface area (Å²) in [7, 11) is 0. The highest BCUT2D eigenvalue weighted by atomic mass is 79.9. The molecule has 168 valence electrons. The van der Waals surface area contributed by atoms with Crippen LogP contribution < -0.4 is 10.1 Å². The lowest BCUT2D eigenvalue weighted by molar-refractivity contribution is -0.142. The highest BCUT2D eigenvalue weighted by Crippen LogP contribution is 2.29. The lowest BCUT2D eigenvalue weighted by Crippen LogP contribution is -2.49. The van der Waals surface area contributed by atoms with Gasteiger partial charge in [0.05, 0.1) is 14.5 Å². The normalized spacial score (nSPS) is 11.9. The van der Waals surface area contributed by atoms with Crippen LogP contribution in [0, 0.1) is 0 Å². The molecule has 0 aliphatic carbocycles. The number of ether oxygens (including phenoxy) is 1. The van der Waals surface area contributed by atoms with Crippen LogP contribution in [0.4, 0.5) is 0 Å². The van der Waals surface area contributed by atoms with Crippen LogP contribution in [-0.2, 0) is 16.1 Å². The van der Waals surface area contributed by atoms with Crippen molar-refractivity contribution >= 4 is 50.9 Å². The molecule has 1 N–H and O–H groups in total. The second-order valence-corrected chi connectivity index (χ2v) is 9.14. The summed E-state index contributed by atoms with van der Waals surface area (Å²) in [5.74, 6) is 0.396. The number of amides is 2. The van der Waals surface area contributed by atoms with Gasteiger partial charge in [-0.25, -0.2) is 0 Å². The molecule has 2 aromatic rings. The fraction of sp³-hybridized carbons (Fsp3) is 0.391. The predicted octanol–water partition coefficient (Wildman–Crippen LogP) is 5.81. The number of hydrogen-bond donors (Lipinski definition) is 1. The largest absolute Gasteiger partial charge is 0.483 e. The van der Waals surface area contributed by atoms with Crippen molar-refractivity contribution < 1.29 is 14.3 Å². The first kappa shape index (κ1) is 25.5. The van der Waals surface area contributed by atoms with E-state index in [9.17, 15) is 9.59 Å². The van der Waals surface area contributed by atoms with E-state index in [1.165, 1.54) is 4.90 Å². The van der Waals surface area contributed by atoms with E-state index in [0.717, 1.165) is 15.6 Å². The standard InChI is InChI=1S/C23H27BrCl2N2O3/c1-5-27-23(30)15(4)28(12-16-6-8-19(25)20(26)10-16)22(29)13-31-21-9-7-17(14(2)3)11-18(21)24/h6-11,14-15H,5,12-13H2,1-4H3,(H,27,30). The summed E-state index contributed by atoms with van der Waals surface area (Å²) in [6.45, 7) is 8.20. The van der Waals surface area contributed by atoms with E-state index in [-0.39, 0.29) is 25.0 Å². The molecule has 2 aromatic carbocycles. The van der Waals surface area contributed by atoms with Crippen molar-refractivity contribution in [1.29, 1.82) is 0 Å². The molecule has 0 aliphatic rings. The molecule has 0 heterocycles. The first-order valence-electron chi connectivity index (χ1n) is 10.1. The molecule has 0 aromatic heterocycles. The molecule has 1 atom stereocenters. The van der Waals surface area contributed by atoms with Crippen molar-refractivity contribution in [2.24, 2.45) is 0 Å². The molecule has 31 heavy (non-hydrogen) atoms. The van der Waals surface area contributed by atoms with E-state index >= 15 is 0 Å². The molecular weight excluding hydrogens is 503 g/mol. The minimum absolute atomic E-state index is 0.199. The summed E-state index contributed by atoms with van der Waals surface area (Å²) in [5, 5.41) is 3.58. The number of nitrogens with one attached hydrogen (secondary N) is 1. The van der Waals surface area contributed by atoms with Gasteiger partial charge in [0.25, 0.3) is 5.91 Å². The lowest BCUT2D eigenvalue weighted by atomic mass is 10.0. The molecule has 0 bridgehead atoms. The maximum absolute atomic E-state index is 13.1. The molecule has 2 rings (SSSR count). The summed E-state index contributed by atoms with van der Waals surface area (Å²) in [6, 6.07) is 10.2. The van der Waals surface area contributed by atoms with Gasteiger partial charge in [0, 0.05) is 13.1 Å². The van der Waals surface area contributed by atoms with Crippen molar-refractivity contribution in [1.82, 2.24) is 10.2 Å². The van der Waals surface area contributed by atoms with Gasteiger partial charge in [0.2, 0.25) is 5.91 Å². The Morgan fingerprint density at radius 2 is 1.81 bits per heavy atom.